The van der Waals surface area contributed by atoms with Crippen molar-refractivity contribution >= 4 is 47.8 Å². The molecule has 152 valence electrons. The molecule has 0 radical (unpaired) electrons. The summed E-state index contributed by atoms with van der Waals surface area (Å²) in [4.78, 5) is 0. The second-order valence-electron chi connectivity index (χ2n) is 6.76. The predicted octanol–water partition coefficient (Wildman–Crippen LogP) is 6.38. The molecule has 7 heteroatoms. The van der Waals surface area contributed by atoms with Gasteiger partial charge in [-0.25, -0.2) is 0 Å². The Morgan fingerprint density at radius 3 is 1.79 bits per heavy atom. The van der Waals surface area contributed by atoms with Crippen LogP contribution < -0.4 is 5.32 Å². The summed E-state index contributed by atoms with van der Waals surface area (Å²) in [7, 11) is 1.81. The number of hydrogen-bond donors (Lipinski definition) is 4. The number of benzene rings is 3. The molecule has 29 heavy (non-hydrogen) atoms. The number of likely N-dealkylation sites (N-methyl/N-ethyl adjacent to an activating group) is 1. The van der Waals surface area contributed by atoms with E-state index in [1.807, 2.05) is 25.2 Å². The van der Waals surface area contributed by atoms with Crippen LogP contribution in [0.15, 0.2) is 68.0 Å². The van der Waals surface area contributed by atoms with Gasteiger partial charge in [-0.05, 0) is 73.6 Å². The van der Waals surface area contributed by atoms with Crippen molar-refractivity contribution in [3.63, 3.8) is 0 Å². The van der Waals surface area contributed by atoms with Crippen molar-refractivity contribution < 1.29 is 15.3 Å². The Kier molecular flexibility index (Phi) is 7.27. The summed E-state index contributed by atoms with van der Waals surface area (Å²) < 4.78 is 2.53. The predicted molar refractivity (Wildman–Crippen MR) is 126 cm³/mol. The topological polar surface area (TPSA) is 72.7 Å². The second kappa shape index (κ2) is 9.51. The SMILES string of the molecule is CNC(c1cc(Br)ccc1O)C(Cc1cc(Br)ccc1O)c1cc(Br)ccc1O. The summed E-state index contributed by atoms with van der Waals surface area (Å²) in [5, 5.41) is 34.9. The first kappa shape index (κ1) is 22.2. The van der Waals surface area contributed by atoms with Crippen LogP contribution in [0.25, 0.3) is 0 Å². The van der Waals surface area contributed by atoms with Crippen molar-refractivity contribution in [1.82, 2.24) is 5.32 Å². The van der Waals surface area contributed by atoms with Crippen molar-refractivity contribution in [3.05, 3.63) is 84.7 Å². The Morgan fingerprint density at radius 2 is 1.21 bits per heavy atom. The molecule has 0 heterocycles. The van der Waals surface area contributed by atoms with Crippen LogP contribution in [-0.2, 0) is 6.42 Å². The number of halogens is 3. The molecule has 0 aliphatic carbocycles. The molecule has 3 aromatic rings. The number of aromatic hydroxyl groups is 3. The van der Waals surface area contributed by atoms with Crippen LogP contribution >= 0.6 is 47.8 Å². The lowest BCUT2D eigenvalue weighted by molar-refractivity contribution is 0.404. The first-order valence-corrected chi connectivity index (χ1v) is 11.3. The van der Waals surface area contributed by atoms with Crippen molar-refractivity contribution in [2.24, 2.45) is 0 Å². The summed E-state index contributed by atoms with van der Waals surface area (Å²) in [6.07, 6.45) is 0.437. The standard InChI is InChI=1S/C22H20Br3NO3/c1-26-22(18-11-15(25)4-7-21(18)29)17(16-10-14(24)3-6-20(16)28)9-12-8-13(23)2-5-19(12)27/h2-8,10-11,17,22,26-29H,9H2,1H3. The fourth-order valence-electron chi connectivity index (χ4n) is 3.53. The molecule has 4 N–H and O–H groups in total. The zero-order valence-electron chi connectivity index (χ0n) is 15.5. The molecule has 3 rings (SSSR count). The van der Waals surface area contributed by atoms with E-state index >= 15 is 0 Å². The minimum atomic E-state index is -0.328. The molecule has 0 bridgehead atoms. The van der Waals surface area contributed by atoms with Crippen molar-refractivity contribution in [2.75, 3.05) is 7.05 Å². The van der Waals surface area contributed by atoms with Gasteiger partial charge >= 0.3 is 0 Å². The molecule has 3 aromatic carbocycles. The molecule has 0 aliphatic rings. The van der Waals surface area contributed by atoms with E-state index in [0.29, 0.717) is 17.5 Å². The van der Waals surface area contributed by atoms with E-state index in [0.717, 1.165) is 19.0 Å². The monoisotopic (exact) mass is 583 g/mol. The molecule has 2 unspecified atom stereocenters. The fraction of sp³-hybridized carbons (Fsp3) is 0.182. The molecule has 0 fully saturated rings. The van der Waals surface area contributed by atoms with Crippen LogP contribution in [0.3, 0.4) is 0 Å². The van der Waals surface area contributed by atoms with Crippen molar-refractivity contribution in [3.8, 4) is 17.2 Å². The molecule has 4 nitrogen and oxygen atoms in total. The molecule has 0 aliphatic heterocycles. The second-order valence-corrected chi connectivity index (χ2v) is 9.50. The fourth-order valence-corrected chi connectivity index (χ4v) is 4.70. The lowest BCUT2D eigenvalue weighted by Crippen LogP contribution is -2.26. The first-order chi connectivity index (χ1) is 13.8. The highest BCUT2D eigenvalue weighted by atomic mass is 79.9. The zero-order valence-corrected chi connectivity index (χ0v) is 20.3. The van der Waals surface area contributed by atoms with E-state index in [-0.39, 0.29) is 29.2 Å². The maximum atomic E-state index is 10.6. The summed E-state index contributed by atoms with van der Waals surface area (Å²) in [6, 6.07) is 15.5. The van der Waals surface area contributed by atoms with Gasteiger partial charge < -0.3 is 20.6 Å². The van der Waals surface area contributed by atoms with Crippen LogP contribution in [-0.4, -0.2) is 22.4 Å². The largest absolute Gasteiger partial charge is 0.508 e. The van der Waals surface area contributed by atoms with E-state index in [2.05, 4.69) is 53.1 Å². The summed E-state index contributed by atoms with van der Waals surface area (Å²) in [6.45, 7) is 0. The van der Waals surface area contributed by atoms with Crippen LogP contribution in [0.5, 0.6) is 17.2 Å². The van der Waals surface area contributed by atoms with Crippen molar-refractivity contribution in [1.29, 1.82) is 0 Å². The summed E-state index contributed by atoms with van der Waals surface area (Å²) in [5.41, 5.74) is 2.14. The number of hydrogen-bond acceptors (Lipinski definition) is 4. The van der Waals surface area contributed by atoms with Gasteiger partial charge in [-0.2, -0.15) is 0 Å². The summed E-state index contributed by atoms with van der Waals surface area (Å²) in [5.74, 6) is 0.215. The Hall–Kier alpha value is -1.54. The van der Waals surface area contributed by atoms with Crippen LogP contribution in [0, 0.1) is 0 Å². The normalized spacial score (nSPS) is 13.2. The molecule has 0 aromatic heterocycles. The molecule has 2 atom stereocenters. The molecule has 0 amide bonds. The lowest BCUT2D eigenvalue weighted by atomic mass is 9.81. The first-order valence-electron chi connectivity index (χ1n) is 8.91. The highest BCUT2D eigenvalue weighted by Gasteiger charge is 2.29. The Morgan fingerprint density at radius 1 is 0.724 bits per heavy atom. The van der Waals surface area contributed by atoms with Gasteiger partial charge in [0.15, 0.2) is 0 Å². The van der Waals surface area contributed by atoms with E-state index in [1.165, 1.54) is 0 Å². The van der Waals surface area contributed by atoms with Crippen LogP contribution in [0.2, 0.25) is 0 Å². The average molecular weight is 586 g/mol. The average Bonchev–Trinajstić information content (AvgIpc) is 2.69. The minimum absolute atomic E-state index is 0.155. The molecular formula is C22H20Br3NO3. The molecular weight excluding hydrogens is 566 g/mol. The highest BCUT2D eigenvalue weighted by Crippen LogP contribution is 2.43. The van der Waals surface area contributed by atoms with E-state index in [9.17, 15) is 15.3 Å². The van der Waals surface area contributed by atoms with Gasteiger partial charge in [0.25, 0.3) is 0 Å². The lowest BCUT2D eigenvalue weighted by Gasteiger charge is -2.29. The number of rotatable bonds is 6. The third kappa shape index (κ3) is 5.15. The maximum absolute atomic E-state index is 10.6. The summed E-state index contributed by atoms with van der Waals surface area (Å²) >= 11 is 10.4. The van der Waals surface area contributed by atoms with Gasteiger partial charge in [-0.15, -0.1) is 0 Å². The zero-order chi connectivity index (χ0) is 21.1. The van der Waals surface area contributed by atoms with Gasteiger partial charge in [-0.3, -0.25) is 0 Å². The maximum Gasteiger partial charge on any atom is 0.120 e. The third-order valence-corrected chi connectivity index (χ3v) is 6.39. The highest BCUT2D eigenvalue weighted by molar-refractivity contribution is 9.11. The van der Waals surface area contributed by atoms with E-state index in [4.69, 9.17) is 0 Å². The van der Waals surface area contributed by atoms with Gasteiger partial charge in [0, 0.05) is 36.5 Å². The Balaban J connectivity index is 2.16. The quantitative estimate of drug-likeness (QED) is 0.271. The molecule has 0 saturated carbocycles. The smallest absolute Gasteiger partial charge is 0.120 e. The molecule has 0 saturated heterocycles. The van der Waals surface area contributed by atoms with Crippen LogP contribution in [0.4, 0.5) is 0 Å². The van der Waals surface area contributed by atoms with Gasteiger partial charge in [0.1, 0.15) is 17.2 Å². The van der Waals surface area contributed by atoms with E-state index in [1.54, 1.807) is 36.4 Å². The third-order valence-electron chi connectivity index (χ3n) is 4.91. The minimum Gasteiger partial charge on any atom is -0.508 e. The van der Waals surface area contributed by atoms with Gasteiger partial charge in [-0.1, -0.05) is 47.8 Å². The van der Waals surface area contributed by atoms with Gasteiger partial charge in [0.2, 0.25) is 0 Å². The number of phenolic OH excluding ortho intramolecular Hbond substituents is 3. The van der Waals surface area contributed by atoms with E-state index < -0.39 is 0 Å². The van der Waals surface area contributed by atoms with Crippen LogP contribution in [0.1, 0.15) is 28.7 Å². The van der Waals surface area contributed by atoms with Crippen molar-refractivity contribution in [2.45, 2.75) is 18.4 Å². The number of phenols is 3. The molecule has 0 spiro atoms. The Bertz CT molecular complexity index is 1030. The Labute approximate surface area is 195 Å². The number of nitrogens with one attached hydrogen (secondary N) is 1. The van der Waals surface area contributed by atoms with Gasteiger partial charge in [0.05, 0.1) is 0 Å².